The van der Waals surface area contributed by atoms with Gasteiger partial charge in [-0.05, 0) is 25.5 Å². The number of ether oxygens (including phenoxy) is 1. The Hall–Kier alpha value is -0.540. The highest BCUT2D eigenvalue weighted by Gasteiger charge is 2.08. The van der Waals surface area contributed by atoms with Crippen LogP contribution in [-0.2, 0) is 0 Å². The first-order chi connectivity index (χ1) is 7.15. The summed E-state index contributed by atoms with van der Waals surface area (Å²) in [7, 11) is 0. The Morgan fingerprint density at radius 1 is 1.47 bits per heavy atom. The number of rotatable bonds is 5. The molecule has 1 aromatic carbocycles. The lowest BCUT2D eigenvalue weighted by atomic mass is 10.1. The van der Waals surface area contributed by atoms with Gasteiger partial charge < -0.3 is 10.5 Å². The molecule has 0 heterocycles. The van der Waals surface area contributed by atoms with Crippen molar-refractivity contribution in [2.24, 2.45) is 5.73 Å². The Labute approximate surface area is 99.9 Å². The predicted octanol–water partition coefficient (Wildman–Crippen LogP) is 3.65. The summed E-state index contributed by atoms with van der Waals surface area (Å²) in [6.07, 6.45) is 2.21. The maximum absolute atomic E-state index is 5.87. The van der Waals surface area contributed by atoms with E-state index in [1.165, 1.54) is 0 Å². The highest BCUT2D eigenvalue weighted by Crippen LogP contribution is 2.27. The van der Waals surface area contributed by atoms with Gasteiger partial charge in [0.25, 0.3) is 0 Å². The molecular weight excluding hydrogens is 254 g/mol. The summed E-state index contributed by atoms with van der Waals surface area (Å²) in [6.45, 7) is 4.87. The van der Waals surface area contributed by atoms with Crippen LogP contribution < -0.4 is 10.5 Å². The quantitative estimate of drug-likeness (QED) is 0.830. The second-order valence-electron chi connectivity index (χ2n) is 3.67. The molecule has 2 N–H and O–H groups in total. The van der Waals surface area contributed by atoms with Gasteiger partial charge in [0.2, 0.25) is 0 Å². The summed E-state index contributed by atoms with van der Waals surface area (Å²) in [6, 6.07) is 5.99. The lowest BCUT2D eigenvalue weighted by Crippen LogP contribution is -2.08. The van der Waals surface area contributed by atoms with Gasteiger partial charge in [-0.3, -0.25) is 0 Å². The zero-order valence-electron chi connectivity index (χ0n) is 9.29. The van der Waals surface area contributed by atoms with Crippen molar-refractivity contribution in [1.29, 1.82) is 0 Å². The van der Waals surface area contributed by atoms with Gasteiger partial charge in [0, 0.05) is 16.1 Å². The van der Waals surface area contributed by atoms with Crippen LogP contribution in [0.1, 0.15) is 38.3 Å². The maximum atomic E-state index is 5.87. The molecule has 0 aliphatic rings. The molecule has 0 aromatic heterocycles. The van der Waals surface area contributed by atoms with Crippen molar-refractivity contribution in [2.75, 3.05) is 6.61 Å². The van der Waals surface area contributed by atoms with E-state index in [9.17, 15) is 0 Å². The third-order valence-electron chi connectivity index (χ3n) is 2.22. The smallest absolute Gasteiger partial charge is 0.125 e. The maximum Gasteiger partial charge on any atom is 0.125 e. The molecule has 0 fully saturated rings. The van der Waals surface area contributed by atoms with E-state index in [1.807, 2.05) is 25.1 Å². The third-order valence-corrected chi connectivity index (χ3v) is 2.71. The summed E-state index contributed by atoms with van der Waals surface area (Å²) >= 11 is 3.43. The molecule has 1 rings (SSSR count). The molecule has 3 heteroatoms. The first-order valence-electron chi connectivity index (χ1n) is 5.33. The lowest BCUT2D eigenvalue weighted by Gasteiger charge is -2.14. The van der Waals surface area contributed by atoms with Gasteiger partial charge >= 0.3 is 0 Å². The van der Waals surface area contributed by atoms with Crippen LogP contribution >= 0.6 is 15.9 Å². The molecular formula is C12H18BrNO. The minimum atomic E-state index is 0.00901. The molecule has 0 aliphatic heterocycles. The highest BCUT2D eigenvalue weighted by molar-refractivity contribution is 9.10. The van der Waals surface area contributed by atoms with Gasteiger partial charge in [-0.2, -0.15) is 0 Å². The van der Waals surface area contributed by atoms with Crippen LogP contribution in [0.2, 0.25) is 0 Å². The summed E-state index contributed by atoms with van der Waals surface area (Å²) < 4.78 is 6.74. The van der Waals surface area contributed by atoms with Crippen molar-refractivity contribution in [3.8, 4) is 5.75 Å². The monoisotopic (exact) mass is 271 g/mol. The summed E-state index contributed by atoms with van der Waals surface area (Å²) in [5.74, 6) is 0.896. The zero-order valence-corrected chi connectivity index (χ0v) is 10.9. The molecule has 1 aromatic rings. The van der Waals surface area contributed by atoms with Crippen molar-refractivity contribution in [1.82, 2.24) is 0 Å². The van der Waals surface area contributed by atoms with Crippen LogP contribution in [0.15, 0.2) is 22.7 Å². The Kier molecular flexibility index (Phi) is 5.12. The Morgan fingerprint density at radius 3 is 2.80 bits per heavy atom. The van der Waals surface area contributed by atoms with Crippen LogP contribution in [0.5, 0.6) is 5.75 Å². The summed E-state index contributed by atoms with van der Waals surface area (Å²) in [5, 5.41) is 0. The van der Waals surface area contributed by atoms with Gasteiger partial charge in [-0.1, -0.05) is 35.3 Å². The SMILES string of the molecule is CCCCOc1cc(Br)ccc1[C@@H](C)N. The first-order valence-corrected chi connectivity index (χ1v) is 6.12. The second-order valence-corrected chi connectivity index (χ2v) is 4.59. The molecule has 0 spiro atoms. The number of nitrogens with two attached hydrogens (primary N) is 1. The van der Waals surface area contributed by atoms with Crippen molar-refractivity contribution < 1.29 is 4.74 Å². The van der Waals surface area contributed by atoms with E-state index in [0.29, 0.717) is 0 Å². The van der Waals surface area contributed by atoms with E-state index in [1.54, 1.807) is 0 Å². The van der Waals surface area contributed by atoms with E-state index in [-0.39, 0.29) is 6.04 Å². The fourth-order valence-corrected chi connectivity index (χ4v) is 1.68. The normalized spacial score (nSPS) is 12.5. The molecule has 1 atom stereocenters. The number of halogens is 1. The van der Waals surface area contributed by atoms with E-state index in [4.69, 9.17) is 10.5 Å². The molecule has 0 saturated carbocycles. The van der Waals surface area contributed by atoms with Crippen LogP contribution in [0, 0.1) is 0 Å². The molecule has 0 amide bonds. The van der Waals surface area contributed by atoms with Gasteiger partial charge in [-0.15, -0.1) is 0 Å². The van der Waals surface area contributed by atoms with Gasteiger partial charge in [0.15, 0.2) is 0 Å². The molecule has 0 aliphatic carbocycles. The Balaban J connectivity index is 2.77. The largest absolute Gasteiger partial charge is 0.493 e. The van der Waals surface area contributed by atoms with Gasteiger partial charge in [-0.25, -0.2) is 0 Å². The zero-order chi connectivity index (χ0) is 11.3. The third kappa shape index (κ3) is 3.84. The molecule has 0 saturated heterocycles. The second kappa shape index (κ2) is 6.13. The summed E-state index contributed by atoms with van der Waals surface area (Å²) in [4.78, 5) is 0. The fraction of sp³-hybridized carbons (Fsp3) is 0.500. The molecule has 2 nitrogen and oxygen atoms in total. The molecule has 15 heavy (non-hydrogen) atoms. The van der Waals surface area contributed by atoms with E-state index >= 15 is 0 Å². The number of hydrogen-bond donors (Lipinski definition) is 1. The fourth-order valence-electron chi connectivity index (χ4n) is 1.34. The van der Waals surface area contributed by atoms with Crippen molar-refractivity contribution in [3.05, 3.63) is 28.2 Å². The minimum Gasteiger partial charge on any atom is -0.493 e. The van der Waals surface area contributed by atoms with E-state index < -0.39 is 0 Å². The van der Waals surface area contributed by atoms with Crippen molar-refractivity contribution >= 4 is 15.9 Å². The predicted molar refractivity (Wildman–Crippen MR) is 67.1 cm³/mol. The molecule has 0 bridgehead atoms. The van der Waals surface area contributed by atoms with Gasteiger partial charge in [0.1, 0.15) is 5.75 Å². The Morgan fingerprint density at radius 2 is 2.20 bits per heavy atom. The lowest BCUT2D eigenvalue weighted by molar-refractivity contribution is 0.305. The van der Waals surface area contributed by atoms with E-state index in [2.05, 4.69) is 22.9 Å². The van der Waals surface area contributed by atoms with E-state index in [0.717, 1.165) is 35.2 Å². The molecule has 0 radical (unpaired) electrons. The van der Waals surface area contributed by atoms with Crippen molar-refractivity contribution in [2.45, 2.75) is 32.7 Å². The van der Waals surface area contributed by atoms with Crippen LogP contribution in [0.4, 0.5) is 0 Å². The molecule has 84 valence electrons. The number of hydrogen-bond acceptors (Lipinski definition) is 2. The Bertz CT molecular complexity index is 312. The minimum absolute atomic E-state index is 0.00901. The average molecular weight is 272 g/mol. The van der Waals surface area contributed by atoms with Crippen molar-refractivity contribution in [3.63, 3.8) is 0 Å². The average Bonchev–Trinajstić information content (AvgIpc) is 2.18. The van der Waals surface area contributed by atoms with Crippen LogP contribution in [0.25, 0.3) is 0 Å². The standard InChI is InChI=1S/C12H18BrNO/c1-3-4-7-15-12-8-10(13)5-6-11(12)9(2)14/h5-6,8-9H,3-4,7,14H2,1-2H3/t9-/m1/s1. The van der Waals surface area contributed by atoms with Crippen LogP contribution in [-0.4, -0.2) is 6.61 Å². The first kappa shape index (κ1) is 12.5. The number of unbranched alkanes of at least 4 members (excludes halogenated alkanes) is 1. The highest BCUT2D eigenvalue weighted by atomic mass is 79.9. The number of benzene rings is 1. The topological polar surface area (TPSA) is 35.2 Å². The summed E-state index contributed by atoms with van der Waals surface area (Å²) in [5.41, 5.74) is 6.94. The van der Waals surface area contributed by atoms with Gasteiger partial charge in [0.05, 0.1) is 6.61 Å². The van der Waals surface area contributed by atoms with Crippen LogP contribution in [0.3, 0.4) is 0 Å². The molecule has 0 unspecified atom stereocenters.